The Bertz CT molecular complexity index is 1160. The maximum absolute atomic E-state index is 12.9. The molecule has 0 saturated carbocycles. The highest BCUT2D eigenvalue weighted by molar-refractivity contribution is 6.07. The van der Waals surface area contributed by atoms with Gasteiger partial charge < -0.3 is 20.3 Å². The van der Waals surface area contributed by atoms with Gasteiger partial charge >= 0.3 is 0 Å². The van der Waals surface area contributed by atoms with Crippen LogP contribution in [0.2, 0.25) is 0 Å². The molecule has 174 valence electrons. The van der Waals surface area contributed by atoms with E-state index in [-0.39, 0.29) is 24.1 Å². The first-order chi connectivity index (χ1) is 16.5. The molecular weight excluding hydrogens is 430 g/mol. The summed E-state index contributed by atoms with van der Waals surface area (Å²) in [5, 5.41) is 5.74. The van der Waals surface area contributed by atoms with Gasteiger partial charge in [-0.15, -0.1) is 0 Å². The summed E-state index contributed by atoms with van der Waals surface area (Å²) in [6, 6.07) is 23.7. The largest absolute Gasteiger partial charge is 0.494 e. The average molecular weight is 458 g/mol. The van der Waals surface area contributed by atoms with Crippen molar-refractivity contribution in [3.63, 3.8) is 0 Å². The van der Waals surface area contributed by atoms with Crippen LogP contribution in [-0.4, -0.2) is 30.9 Å². The summed E-state index contributed by atoms with van der Waals surface area (Å²) in [6.07, 6.45) is 0.132. The zero-order chi connectivity index (χ0) is 23.9. The van der Waals surface area contributed by atoms with E-state index < -0.39 is 5.92 Å². The molecule has 7 nitrogen and oxygen atoms in total. The minimum absolute atomic E-state index is 0.0901. The second kappa shape index (κ2) is 10.7. The average Bonchev–Trinajstić information content (AvgIpc) is 3.26. The molecule has 2 N–H and O–H groups in total. The topological polar surface area (TPSA) is 87.7 Å². The fraction of sp³-hybridized carbons (Fsp3) is 0.222. The van der Waals surface area contributed by atoms with Gasteiger partial charge in [0.1, 0.15) is 5.75 Å². The lowest BCUT2D eigenvalue weighted by Crippen LogP contribution is -2.29. The Kier molecular flexibility index (Phi) is 7.22. The normalized spacial score (nSPS) is 15.1. The van der Waals surface area contributed by atoms with Gasteiger partial charge in [0.2, 0.25) is 11.8 Å². The number of hydrogen-bond acceptors (Lipinski definition) is 4. The molecule has 0 unspecified atom stereocenters. The van der Waals surface area contributed by atoms with Gasteiger partial charge in [-0.05, 0) is 48.9 Å². The number of para-hydroxylation sites is 2. The van der Waals surface area contributed by atoms with Gasteiger partial charge in [0.25, 0.3) is 5.91 Å². The fourth-order valence-corrected chi connectivity index (χ4v) is 3.91. The van der Waals surface area contributed by atoms with Gasteiger partial charge in [-0.25, -0.2) is 0 Å². The van der Waals surface area contributed by atoms with Crippen molar-refractivity contribution in [2.45, 2.75) is 19.9 Å². The van der Waals surface area contributed by atoms with E-state index in [1.54, 1.807) is 29.2 Å². The number of ether oxygens (including phenoxy) is 1. The van der Waals surface area contributed by atoms with Gasteiger partial charge in [0, 0.05) is 25.2 Å². The summed E-state index contributed by atoms with van der Waals surface area (Å²) in [5.74, 6) is -0.376. The molecule has 34 heavy (non-hydrogen) atoms. The van der Waals surface area contributed by atoms with E-state index in [4.69, 9.17) is 4.74 Å². The van der Waals surface area contributed by atoms with E-state index in [2.05, 4.69) is 10.6 Å². The Morgan fingerprint density at radius 1 is 0.971 bits per heavy atom. The highest BCUT2D eigenvalue weighted by atomic mass is 16.5. The molecule has 1 aliphatic heterocycles. The van der Waals surface area contributed by atoms with Crippen molar-refractivity contribution in [2.75, 3.05) is 23.4 Å². The third-order valence-corrected chi connectivity index (χ3v) is 5.68. The Labute approximate surface area is 198 Å². The van der Waals surface area contributed by atoms with Crippen molar-refractivity contribution in [3.8, 4) is 5.75 Å². The molecule has 3 amide bonds. The van der Waals surface area contributed by atoms with Crippen molar-refractivity contribution in [2.24, 2.45) is 5.92 Å². The van der Waals surface area contributed by atoms with Crippen LogP contribution in [0.5, 0.6) is 5.75 Å². The van der Waals surface area contributed by atoms with Gasteiger partial charge in [-0.3, -0.25) is 14.4 Å². The Balaban J connectivity index is 1.38. The zero-order valence-electron chi connectivity index (χ0n) is 19.0. The molecule has 1 fully saturated rings. The molecule has 4 rings (SSSR count). The first-order valence-corrected chi connectivity index (χ1v) is 11.3. The number of benzene rings is 3. The van der Waals surface area contributed by atoms with E-state index in [9.17, 15) is 14.4 Å². The van der Waals surface area contributed by atoms with Crippen LogP contribution in [0, 0.1) is 5.92 Å². The third kappa shape index (κ3) is 5.43. The standard InChI is InChI=1S/C27H27N3O4/c1-2-34-22-14-12-19(13-15-22)17-28-27(33)23-10-6-7-11-24(23)29-26(32)20-16-25(31)30(18-20)21-8-4-3-5-9-21/h3-15,20H,2,16-18H2,1H3,(H,28,33)(H,29,32)/t20-/m1/s1. The van der Waals surface area contributed by atoms with Crippen molar-refractivity contribution >= 4 is 29.1 Å². The minimum Gasteiger partial charge on any atom is -0.494 e. The van der Waals surface area contributed by atoms with Gasteiger partial charge in [-0.1, -0.05) is 42.5 Å². The maximum Gasteiger partial charge on any atom is 0.253 e. The van der Waals surface area contributed by atoms with E-state index >= 15 is 0 Å². The molecule has 0 radical (unpaired) electrons. The maximum atomic E-state index is 12.9. The third-order valence-electron chi connectivity index (χ3n) is 5.68. The van der Waals surface area contributed by atoms with Crippen molar-refractivity contribution in [3.05, 3.63) is 90.0 Å². The van der Waals surface area contributed by atoms with E-state index in [1.165, 1.54) is 0 Å². The Hall–Kier alpha value is -4.13. The SMILES string of the molecule is CCOc1ccc(CNC(=O)c2ccccc2NC(=O)[C@@H]2CC(=O)N(c3ccccc3)C2)cc1. The number of anilines is 2. The number of carbonyl (C=O) groups excluding carboxylic acids is 3. The molecule has 3 aromatic carbocycles. The molecule has 1 heterocycles. The molecule has 7 heteroatoms. The smallest absolute Gasteiger partial charge is 0.253 e. The summed E-state index contributed by atoms with van der Waals surface area (Å²) < 4.78 is 5.44. The monoisotopic (exact) mass is 457 g/mol. The van der Waals surface area contributed by atoms with Gasteiger partial charge in [0.05, 0.1) is 23.8 Å². The zero-order valence-corrected chi connectivity index (χ0v) is 19.0. The molecule has 3 aromatic rings. The van der Waals surface area contributed by atoms with Crippen LogP contribution in [0.1, 0.15) is 29.3 Å². The highest BCUT2D eigenvalue weighted by Gasteiger charge is 2.35. The number of nitrogens with one attached hydrogen (secondary N) is 2. The summed E-state index contributed by atoms with van der Waals surface area (Å²) in [6.45, 7) is 3.17. The Morgan fingerprint density at radius 2 is 1.68 bits per heavy atom. The first kappa shape index (κ1) is 23.0. The predicted octanol–water partition coefficient (Wildman–Crippen LogP) is 4.01. The van der Waals surface area contributed by atoms with E-state index in [0.29, 0.717) is 30.9 Å². The molecule has 0 spiro atoms. The molecule has 1 aliphatic rings. The van der Waals surface area contributed by atoms with E-state index in [0.717, 1.165) is 17.0 Å². The second-order valence-corrected chi connectivity index (χ2v) is 8.04. The van der Waals surface area contributed by atoms with Gasteiger partial charge in [0.15, 0.2) is 0 Å². The van der Waals surface area contributed by atoms with Crippen LogP contribution in [0.25, 0.3) is 0 Å². The molecule has 0 aromatic heterocycles. The Morgan fingerprint density at radius 3 is 2.41 bits per heavy atom. The predicted molar refractivity (Wildman–Crippen MR) is 131 cm³/mol. The summed E-state index contributed by atoms with van der Waals surface area (Å²) in [4.78, 5) is 39.9. The minimum atomic E-state index is -0.493. The molecule has 1 saturated heterocycles. The van der Waals surface area contributed by atoms with Crippen LogP contribution >= 0.6 is 0 Å². The van der Waals surface area contributed by atoms with Crippen LogP contribution in [0.4, 0.5) is 11.4 Å². The van der Waals surface area contributed by atoms with E-state index in [1.807, 2.05) is 61.5 Å². The van der Waals surface area contributed by atoms with Crippen LogP contribution < -0.4 is 20.3 Å². The van der Waals surface area contributed by atoms with Crippen LogP contribution in [0.3, 0.4) is 0 Å². The second-order valence-electron chi connectivity index (χ2n) is 8.04. The first-order valence-electron chi connectivity index (χ1n) is 11.3. The lowest BCUT2D eigenvalue weighted by Gasteiger charge is -2.17. The molecule has 1 atom stereocenters. The van der Waals surface area contributed by atoms with Crippen LogP contribution in [0.15, 0.2) is 78.9 Å². The summed E-state index contributed by atoms with van der Waals surface area (Å²) in [7, 11) is 0. The van der Waals surface area contributed by atoms with Crippen LogP contribution in [-0.2, 0) is 16.1 Å². The number of carbonyl (C=O) groups is 3. The lowest BCUT2D eigenvalue weighted by molar-refractivity contribution is -0.122. The lowest BCUT2D eigenvalue weighted by atomic mass is 10.1. The van der Waals surface area contributed by atoms with Crippen molar-refractivity contribution < 1.29 is 19.1 Å². The summed E-state index contributed by atoms with van der Waals surface area (Å²) in [5.41, 5.74) is 2.49. The molecule has 0 bridgehead atoms. The van der Waals surface area contributed by atoms with Gasteiger partial charge in [-0.2, -0.15) is 0 Å². The fourth-order valence-electron chi connectivity index (χ4n) is 3.91. The molecular formula is C27H27N3O4. The number of rotatable bonds is 8. The van der Waals surface area contributed by atoms with Crippen molar-refractivity contribution in [1.29, 1.82) is 0 Å². The number of nitrogens with zero attached hydrogens (tertiary/aromatic N) is 1. The van der Waals surface area contributed by atoms with Crippen molar-refractivity contribution in [1.82, 2.24) is 5.32 Å². The quantitative estimate of drug-likeness (QED) is 0.535. The highest BCUT2D eigenvalue weighted by Crippen LogP contribution is 2.26. The summed E-state index contributed by atoms with van der Waals surface area (Å²) >= 11 is 0. The number of amides is 3. The molecule has 0 aliphatic carbocycles. The number of hydrogen-bond donors (Lipinski definition) is 2.